The summed E-state index contributed by atoms with van der Waals surface area (Å²) in [4.78, 5) is 4.56. The molecule has 0 aliphatic heterocycles. The lowest BCUT2D eigenvalue weighted by molar-refractivity contribution is 0.792. The number of hydrogen-bond acceptors (Lipinski definition) is 4. The lowest BCUT2D eigenvalue weighted by Crippen LogP contribution is -1.90. The van der Waals surface area contributed by atoms with Crippen LogP contribution in [0, 0.1) is 6.92 Å². The molecule has 1 heterocycles. The number of unbranched alkanes of at least 4 members (excludes halogenated alkanes) is 1. The molecule has 1 aromatic carbocycles. The molecule has 0 aliphatic carbocycles. The van der Waals surface area contributed by atoms with Crippen LogP contribution in [0.3, 0.4) is 0 Å². The molecule has 0 fully saturated rings. The van der Waals surface area contributed by atoms with Crippen molar-refractivity contribution in [2.75, 3.05) is 0 Å². The second-order valence-electron chi connectivity index (χ2n) is 3.90. The third-order valence-corrected chi connectivity index (χ3v) is 4.45. The minimum absolute atomic E-state index is 0.950. The van der Waals surface area contributed by atoms with Gasteiger partial charge in [-0.15, -0.1) is 11.3 Å². The van der Waals surface area contributed by atoms with Crippen LogP contribution >= 0.6 is 23.3 Å². The molecule has 1 aromatic heterocycles. The maximum atomic E-state index is 5.55. The third-order valence-electron chi connectivity index (χ3n) is 2.81. The molecule has 0 saturated heterocycles. The summed E-state index contributed by atoms with van der Waals surface area (Å²) in [6, 6.07) is 4.40. The number of hydrogen-bond donors (Lipinski definition) is 1. The summed E-state index contributed by atoms with van der Waals surface area (Å²) in [5.74, 6) is 0. The molecule has 0 aliphatic rings. The third kappa shape index (κ3) is 2.24. The van der Waals surface area contributed by atoms with Gasteiger partial charge in [-0.25, -0.2) is 4.98 Å². The zero-order chi connectivity index (χ0) is 11.5. The lowest BCUT2D eigenvalue weighted by Gasteiger charge is -2.04. The first kappa shape index (κ1) is 11.9. The fourth-order valence-corrected chi connectivity index (χ4v) is 3.20. The van der Waals surface area contributed by atoms with Gasteiger partial charge in [0, 0.05) is 0 Å². The van der Waals surface area contributed by atoms with Crippen LogP contribution in [-0.2, 0) is 6.42 Å². The van der Waals surface area contributed by atoms with Gasteiger partial charge < -0.3 is 0 Å². The highest BCUT2D eigenvalue weighted by molar-refractivity contribution is 7.99. The first-order valence-corrected chi connectivity index (χ1v) is 7.21. The maximum absolute atomic E-state index is 5.55. The molecular formula is C12H16N2S2. The van der Waals surface area contributed by atoms with Crippen molar-refractivity contribution in [1.29, 1.82) is 0 Å². The van der Waals surface area contributed by atoms with Gasteiger partial charge in [-0.2, -0.15) is 0 Å². The number of rotatable bonds is 4. The van der Waals surface area contributed by atoms with Gasteiger partial charge in [-0.3, -0.25) is 5.14 Å². The Morgan fingerprint density at radius 1 is 1.44 bits per heavy atom. The van der Waals surface area contributed by atoms with Crippen LogP contribution in [0.25, 0.3) is 10.2 Å². The van der Waals surface area contributed by atoms with Gasteiger partial charge in [0.15, 0.2) is 4.34 Å². The summed E-state index contributed by atoms with van der Waals surface area (Å²) in [7, 11) is 0. The van der Waals surface area contributed by atoms with Crippen LogP contribution in [0.15, 0.2) is 16.5 Å². The van der Waals surface area contributed by atoms with E-state index in [9.17, 15) is 0 Å². The van der Waals surface area contributed by atoms with Gasteiger partial charge in [0.1, 0.15) is 0 Å². The molecule has 2 aromatic rings. The molecule has 0 bridgehead atoms. The normalized spacial score (nSPS) is 11.2. The SMILES string of the molecule is CCCCc1ccc2sc(SN)nc2c1C. The first-order chi connectivity index (χ1) is 7.76. The molecule has 0 amide bonds. The smallest absolute Gasteiger partial charge is 0.165 e. The summed E-state index contributed by atoms with van der Waals surface area (Å²) in [5.41, 5.74) is 3.88. The van der Waals surface area contributed by atoms with Gasteiger partial charge in [-0.1, -0.05) is 19.4 Å². The Labute approximate surface area is 104 Å². The molecule has 86 valence electrons. The molecule has 0 unspecified atom stereocenters. The van der Waals surface area contributed by atoms with E-state index in [1.807, 2.05) is 0 Å². The quantitative estimate of drug-likeness (QED) is 0.838. The van der Waals surface area contributed by atoms with E-state index < -0.39 is 0 Å². The van der Waals surface area contributed by atoms with Gasteiger partial charge in [0.25, 0.3) is 0 Å². The highest BCUT2D eigenvalue weighted by Crippen LogP contribution is 2.30. The first-order valence-electron chi connectivity index (χ1n) is 5.52. The topological polar surface area (TPSA) is 38.9 Å². The molecular weight excluding hydrogens is 236 g/mol. The fourth-order valence-electron chi connectivity index (χ4n) is 1.84. The van der Waals surface area contributed by atoms with Gasteiger partial charge in [-0.05, 0) is 48.9 Å². The summed E-state index contributed by atoms with van der Waals surface area (Å²) in [5, 5.41) is 5.55. The van der Waals surface area contributed by atoms with Crippen LogP contribution in [-0.4, -0.2) is 4.98 Å². The summed E-state index contributed by atoms with van der Waals surface area (Å²) < 4.78 is 2.19. The molecule has 0 radical (unpaired) electrons. The Morgan fingerprint density at radius 3 is 2.94 bits per heavy atom. The van der Waals surface area contributed by atoms with Crippen molar-refractivity contribution in [3.63, 3.8) is 0 Å². The van der Waals surface area contributed by atoms with Crippen LogP contribution in [0.4, 0.5) is 0 Å². The van der Waals surface area contributed by atoms with Crippen molar-refractivity contribution in [1.82, 2.24) is 4.98 Å². The van der Waals surface area contributed by atoms with E-state index in [2.05, 4.69) is 31.0 Å². The van der Waals surface area contributed by atoms with E-state index in [4.69, 9.17) is 5.14 Å². The molecule has 0 spiro atoms. The Balaban J connectivity index is 2.42. The fraction of sp³-hybridized carbons (Fsp3) is 0.417. The molecule has 2 N–H and O–H groups in total. The van der Waals surface area contributed by atoms with E-state index in [0.717, 1.165) is 16.3 Å². The number of benzene rings is 1. The van der Waals surface area contributed by atoms with Gasteiger partial charge in [0.05, 0.1) is 10.2 Å². The van der Waals surface area contributed by atoms with Crippen molar-refractivity contribution in [2.24, 2.45) is 5.14 Å². The number of nitrogens with zero attached hydrogens (tertiary/aromatic N) is 1. The van der Waals surface area contributed by atoms with Crippen molar-refractivity contribution in [2.45, 2.75) is 37.4 Å². The van der Waals surface area contributed by atoms with Crippen LogP contribution in [0.2, 0.25) is 0 Å². The van der Waals surface area contributed by atoms with Gasteiger partial charge >= 0.3 is 0 Å². The maximum Gasteiger partial charge on any atom is 0.165 e. The summed E-state index contributed by atoms with van der Waals surface area (Å²) in [6.45, 7) is 4.39. The molecule has 0 atom stereocenters. The minimum Gasteiger partial charge on any atom is -0.272 e. The van der Waals surface area contributed by atoms with E-state index in [1.165, 1.54) is 40.6 Å². The van der Waals surface area contributed by atoms with Crippen LogP contribution < -0.4 is 5.14 Å². The molecule has 2 nitrogen and oxygen atoms in total. The van der Waals surface area contributed by atoms with Crippen molar-refractivity contribution >= 4 is 33.5 Å². The molecule has 16 heavy (non-hydrogen) atoms. The predicted molar refractivity (Wildman–Crippen MR) is 73.0 cm³/mol. The number of fused-ring (bicyclic) bond motifs is 1. The molecule has 2 rings (SSSR count). The molecule has 4 heteroatoms. The standard InChI is InChI=1S/C12H16N2S2/c1-3-4-5-9-6-7-10-11(8(9)2)14-12(15-10)16-13/h6-7H,3-5,13H2,1-2H3. The highest BCUT2D eigenvalue weighted by Gasteiger charge is 2.08. The number of thiazole rings is 1. The second kappa shape index (κ2) is 5.17. The van der Waals surface area contributed by atoms with Crippen molar-refractivity contribution in [3.05, 3.63) is 23.3 Å². The second-order valence-corrected chi connectivity index (χ2v) is 5.81. The van der Waals surface area contributed by atoms with Crippen molar-refractivity contribution < 1.29 is 0 Å². The Morgan fingerprint density at radius 2 is 2.25 bits per heavy atom. The lowest BCUT2D eigenvalue weighted by atomic mass is 10.0. The highest BCUT2D eigenvalue weighted by atomic mass is 32.2. The number of aryl methyl sites for hydroxylation is 2. The zero-order valence-electron chi connectivity index (χ0n) is 9.62. The minimum atomic E-state index is 0.950. The van der Waals surface area contributed by atoms with E-state index in [1.54, 1.807) is 11.3 Å². The predicted octanol–water partition coefficient (Wildman–Crippen LogP) is 3.91. The monoisotopic (exact) mass is 252 g/mol. The summed E-state index contributed by atoms with van der Waals surface area (Å²) in [6.07, 6.45) is 3.63. The average Bonchev–Trinajstić information content (AvgIpc) is 2.72. The van der Waals surface area contributed by atoms with Crippen LogP contribution in [0.5, 0.6) is 0 Å². The number of nitrogens with two attached hydrogens (primary N) is 1. The Bertz CT molecular complexity index is 491. The largest absolute Gasteiger partial charge is 0.272 e. The Kier molecular flexibility index (Phi) is 3.84. The van der Waals surface area contributed by atoms with Crippen molar-refractivity contribution in [3.8, 4) is 0 Å². The molecule has 0 saturated carbocycles. The van der Waals surface area contributed by atoms with E-state index >= 15 is 0 Å². The average molecular weight is 252 g/mol. The number of aromatic nitrogens is 1. The van der Waals surface area contributed by atoms with Crippen LogP contribution in [0.1, 0.15) is 30.9 Å². The van der Waals surface area contributed by atoms with Gasteiger partial charge in [0.2, 0.25) is 0 Å². The zero-order valence-corrected chi connectivity index (χ0v) is 11.3. The summed E-state index contributed by atoms with van der Waals surface area (Å²) >= 11 is 2.91. The van der Waals surface area contributed by atoms with E-state index in [-0.39, 0.29) is 0 Å². The Hall–Kier alpha value is -0.580. The van der Waals surface area contributed by atoms with E-state index in [0.29, 0.717) is 0 Å².